The molecule has 0 aliphatic rings. The van der Waals surface area contributed by atoms with Gasteiger partial charge in [-0.15, -0.1) is 0 Å². The van der Waals surface area contributed by atoms with Crippen LogP contribution in [-0.2, 0) is 14.9 Å². The molecule has 1 atom stereocenters. The van der Waals surface area contributed by atoms with E-state index in [0.29, 0.717) is 47.2 Å². The Kier molecular flexibility index (Phi) is 23.6. The Morgan fingerprint density at radius 3 is 1.94 bits per heavy atom. The van der Waals surface area contributed by atoms with Crippen molar-refractivity contribution in [3.63, 3.8) is 0 Å². The number of methoxy groups -OCH3 is 2. The van der Waals surface area contributed by atoms with E-state index in [1.165, 1.54) is 12.1 Å². The molecule has 0 fully saturated rings. The second kappa shape index (κ2) is 25.4. The zero-order valence-electron chi connectivity index (χ0n) is 33.4. The summed E-state index contributed by atoms with van der Waals surface area (Å²) in [5.41, 5.74) is 2.43. The number of amidine groups is 1. The Balaban J connectivity index is 0.000000844. The van der Waals surface area contributed by atoms with Crippen molar-refractivity contribution in [1.82, 2.24) is 15.3 Å². The number of carboxylic acids is 1. The number of amides is 1. The third-order valence-corrected chi connectivity index (χ3v) is 7.85. The first kappa shape index (κ1) is 49.4. The van der Waals surface area contributed by atoms with Crippen molar-refractivity contribution in [1.29, 1.82) is 0 Å². The second-order valence-corrected chi connectivity index (χ2v) is 15.3. The van der Waals surface area contributed by atoms with Crippen LogP contribution in [0.4, 0.5) is 5.69 Å². The van der Waals surface area contributed by atoms with Crippen molar-refractivity contribution in [2.75, 3.05) is 46.4 Å². The molecule has 0 aliphatic heterocycles. The van der Waals surface area contributed by atoms with Crippen molar-refractivity contribution < 1.29 is 28.9 Å². The quantitative estimate of drug-likeness (QED) is 0.0921. The van der Waals surface area contributed by atoms with Gasteiger partial charge in [0, 0.05) is 53.2 Å². The molecule has 1 unspecified atom stereocenters. The third kappa shape index (κ3) is 19.8. The van der Waals surface area contributed by atoms with E-state index >= 15 is 0 Å². The first-order valence-electron chi connectivity index (χ1n) is 17.3. The molecule has 0 aliphatic carbocycles. The van der Waals surface area contributed by atoms with E-state index in [9.17, 15) is 9.59 Å². The van der Waals surface area contributed by atoms with Crippen LogP contribution >= 0.6 is 31.9 Å². The average Bonchev–Trinajstić information content (AvgIpc) is 3.10. The van der Waals surface area contributed by atoms with Gasteiger partial charge in [0.2, 0.25) is 0 Å². The number of hydrogen-bond acceptors (Lipinski definition) is 8. The van der Waals surface area contributed by atoms with Crippen LogP contribution in [-0.4, -0.2) is 73.9 Å². The van der Waals surface area contributed by atoms with E-state index in [1.54, 1.807) is 45.9 Å². The molecule has 3 aromatic rings. The summed E-state index contributed by atoms with van der Waals surface area (Å²) in [6.07, 6.45) is 5.83. The van der Waals surface area contributed by atoms with Gasteiger partial charge in [-0.3, -0.25) is 9.79 Å². The number of nitrogens with zero attached hydrogens (tertiary/aromatic N) is 3. The van der Waals surface area contributed by atoms with Crippen LogP contribution in [0.2, 0.25) is 0 Å². The summed E-state index contributed by atoms with van der Waals surface area (Å²) in [6, 6.07) is 10.5. The molecule has 3 rings (SSSR count). The van der Waals surface area contributed by atoms with E-state index in [1.807, 2.05) is 52.8 Å². The molecular weight excluding hydrogens is 806 g/mol. The van der Waals surface area contributed by atoms with Crippen LogP contribution in [0.15, 0.2) is 75.5 Å². The molecule has 11 nitrogen and oxygen atoms in total. The highest BCUT2D eigenvalue weighted by atomic mass is 79.9. The zero-order chi connectivity index (χ0) is 40.8. The number of halogens is 2. The minimum Gasteiger partial charge on any atom is -0.491 e. The predicted octanol–water partition coefficient (Wildman–Crippen LogP) is 9.92. The lowest BCUT2D eigenvalue weighted by atomic mass is 9.95. The van der Waals surface area contributed by atoms with E-state index in [2.05, 4.69) is 91.7 Å². The van der Waals surface area contributed by atoms with Gasteiger partial charge in [0.15, 0.2) is 0 Å². The predicted molar refractivity (Wildman–Crippen MR) is 224 cm³/mol. The maximum atomic E-state index is 12.6. The Bertz CT molecular complexity index is 1590. The fourth-order valence-corrected chi connectivity index (χ4v) is 5.18. The molecule has 2 aromatic carbocycles. The van der Waals surface area contributed by atoms with Crippen LogP contribution in [0.25, 0.3) is 0 Å². The van der Waals surface area contributed by atoms with Gasteiger partial charge >= 0.3 is 5.97 Å². The number of carbonyl (C=O) groups excluding carboxylic acids is 1. The Labute approximate surface area is 333 Å². The maximum Gasteiger partial charge on any atom is 0.335 e. The lowest BCUT2D eigenvalue weighted by Gasteiger charge is -2.20. The highest BCUT2D eigenvalue weighted by Gasteiger charge is 2.18. The second-order valence-electron chi connectivity index (χ2n) is 13.4. The Morgan fingerprint density at radius 1 is 0.906 bits per heavy atom. The number of ether oxygens (including phenoxy) is 3. The molecular formula is C40H59Br2N5O6. The lowest BCUT2D eigenvalue weighted by molar-refractivity contribution is 0.0695. The summed E-state index contributed by atoms with van der Waals surface area (Å²) in [7, 11) is 5.05. The average molecular weight is 866 g/mol. The van der Waals surface area contributed by atoms with Crippen molar-refractivity contribution >= 4 is 55.3 Å². The van der Waals surface area contributed by atoms with E-state index < -0.39 is 5.97 Å². The normalized spacial score (nSPS) is 11.6. The fraction of sp³-hybridized carbons (Fsp3) is 0.475. The molecule has 1 aromatic heterocycles. The molecule has 3 N–H and O–H groups in total. The summed E-state index contributed by atoms with van der Waals surface area (Å²) in [5, 5.41) is 14.7. The highest BCUT2D eigenvalue weighted by Crippen LogP contribution is 2.26. The number of rotatable bonds is 12. The number of carboxylic acid groups (broad SMARTS) is 1. The largest absolute Gasteiger partial charge is 0.491 e. The first-order valence-corrected chi connectivity index (χ1v) is 18.9. The molecule has 0 radical (unpaired) electrons. The van der Waals surface area contributed by atoms with Gasteiger partial charge in [-0.1, -0.05) is 101 Å². The van der Waals surface area contributed by atoms with Crippen LogP contribution in [0.5, 0.6) is 5.75 Å². The fourth-order valence-electron chi connectivity index (χ4n) is 4.20. The molecule has 0 saturated carbocycles. The number of hydrogen-bond donors (Lipinski definition) is 3. The van der Waals surface area contributed by atoms with Crippen molar-refractivity contribution in [2.45, 2.75) is 80.1 Å². The van der Waals surface area contributed by atoms with Gasteiger partial charge in [0.05, 0.1) is 30.3 Å². The van der Waals surface area contributed by atoms with E-state index in [0.717, 1.165) is 28.1 Å². The number of carbonyl (C=O) groups is 2. The Morgan fingerprint density at radius 2 is 1.47 bits per heavy atom. The smallest absolute Gasteiger partial charge is 0.335 e. The number of aromatic carboxylic acids is 1. The third-order valence-electron chi connectivity index (χ3n) is 6.93. The molecule has 0 spiro atoms. The van der Waals surface area contributed by atoms with Crippen LogP contribution in [0.1, 0.15) is 107 Å². The molecule has 1 amide bonds. The van der Waals surface area contributed by atoms with Crippen molar-refractivity contribution in [3.05, 3.63) is 93.0 Å². The number of nitrogens with one attached hydrogen (secondary N) is 2. The first-order chi connectivity index (χ1) is 24.9. The van der Waals surface area contributed by atoms with Crippen LogP contribution in [0.3, 0.4) is 0 Å². The summed E-state index contributed by atoms with van der Waals surface area (Å²) in [5.74, 6) is 1.36. The summed E-state index contributed by atoms with van der Waals surface area (Å²) in [4.78, 5) is 36.1. The minimum atomic E-state index is -0.979. The molecule has 0 bridgehead atoms. The molecule has 13 heteroatoms. The number of anilines is 1. The van der Waals surface area contributed by atoms with Gasteiger partial charge < -0.3 is 30.0 Å². The Hall–Kier alpha value is -3.65. The molecule has 53 heavy (non-hydrogen) atoms. The summed E-state index contributed by atoms with van der Waals surface area (Å²) < 4.78 is 16.8. The molecule has 0 saturated heterocycles. The van der Waals surface area contributed by atoms with E-state index in [4.69, 9.17) is 19.3 Å². The highest BCUT2D eigenvalue weighted by molar-refractivity contribution is 9.10. The standard InChI is InChI=1S/C20H26BrN3O2.C10H11BrO4.C8H16N2.C2H6/c1-13(6-7-26-5)14-8-15(10-16(21)9-14)18(25)24-17-11-22-19(23-12-17)20(2,3)4;1-14-2-3-15-9-5-7(10(12)13)4-8(11)6-9;1-6-10-7(9-5)8(2,3)4;1-2/h8-13H,6-7H2,1-5H3,(H,24,25);4-6H,2-3H2,1H3,(H,12,13);6H,1H2,2-5H3,(H,9,10);1-2H3. The molecule has 294 valence electrons. The van der Waals surface area contributed by atoms with E-state index in [-0.39, 0.29) is 22.3 Å². The summed E-state index contributed by atoms with van der Waals surface area (Å²) in [6.45, 7) is 23.7. The van der Waals surface area contributed by atoms with Gasteiger partial charge in [0.1, 0.15) is 24.0 Å². The van der Waals surface area contributed by atoms with Gasteiger partial charge in [-0.2, -0.15) is 0 Å². The lowest BCUT2D eigenvalue weighted by Crippen LogP contribution is -2.31. The van der Waals surface area contributed by atoms with Crippen LogP contribution < -0.4 is 15.4 Å². The van der Waals surface area contributed by atoms with Crippen molar-refractivity contribution in [3.8, 4) is 5.75 Å². The molecule has 1 heterocycles. The number of benzene rings is 2. The van der Waals surface area contributed by atoms with Crippen molar-refractivity contribution in [2.24, 2.45) is 10.4 Å². The minimum absolute atomic E-state index is 0.0862. The monoisotopic (exact) mass is 863 g/mol. The maximum absolute atomic E-state index is 12.6. The number of aliphatic imine (C=N–C) groups is 1. The number of aromatic nitrogens is 2. The SMILES string of the molecule is C=CNC(=NC)C(C)(C)C.CC.COCCC(C)c1cc(Br)cc(C(=O)Nc2cnc(C(C)(C)C)nc2)c1.COCCOc1cc(Br)cc(C(=O)O)c1. The van der Waals surface area contributed by atoms with Gasteiger partial charge in [-0.25, -0.2) is 14.8 Å². The van der Waals surface area contributed by atoms with Gasteiger partial charge in [-0.05, 0) is 60.5 Å². The topological polar surface area (TPSA) is 144 Å². The van der Waals surface area contributed by atoms with Gasteiger partial charge in [0.25, 0.3) is 5.91 Å². The van der Waals surface area contributed by atoms with Crippen LogP contribution in [0, 0.1) is 5.41 Å². The zero-order valence-corrected chi connectivity index (χ0v) is 36.6. The summed E-state index contributed by atoms with van der Waals surface area (Å²) >= 11 is 6.71.